The van der Waals surface area contributed by atoms with Gasteiger partial charge in [-0.2, -0.15) is 0 Å². The third-order valence-electron chi connectivity index (χ3n) is 2.60. The van der Waals surface area contributed by atoms with E-state index in [-0.39, 0.29) is 5.25 Å². The van der Waals surface area contributed by atoms with Gasteiger partial charge in [0.05, 0.1) is 5.25 Å². The van der Waals surface area contributed by atoms with E-state index in [0.29, 0.717) is 18.8 Å². The fraction of sp³-hybridized carbons (Fsp3) is 1.00. The van der Waals surface area contributed by atoms with Crippen LogP contribution in [-0.4, -0.2) is 26.1 Å². The number of halogens is 1. The molecule has 0 aromatic heterocycles. The van der Waals surface area contributed by atoms with Gasteiger partial charge in [0.25, 0.3) is 0 Å². The zero-order valence-electron chi connectivity index (χ0n) is 8.34. The van der Waals surface area contributed by atoms with E-state index in [4.69, 9.17) is 11.6 Å². The van der Waals surface area contributed by atoms with Crippen molar-refractivity contribution in [3.63, 3.8) is 0 Å². The van der Waals surface area contributed by atoms with Gasteiger partial charge in [-0.3, -0.25) is 0 Å². The Labute approximate surface area is 91.3 Å². The molecular weight excluding hydrogens is 222 g/mol. The number of hydrogen-bond donors (Lipinski definition) is 1. The Kier molecular flexibility index (Phi) is 5.20. The molecule has 0 amide bonds. The summed E-state index contributed by atoms with van der Waals surface area (Å²) in [5, 5.41) is -0.161. The van der Waals surface area contributed by atoms with Crippen LogP contribution in [0.5, 0.6) is 0 Å². The first-order chi connectivity index (χ1) is 6.67. The molecule has 84 valence electrons. The molecule has 0 radical (unpaired) electrons. The van der Waals surface area contributed by atoms with Crippen molar-refractivity contribution in [3.05, 3.63) is 0 Å². The second-order valence-electron chi connectivity index (χ2n) is 3.74. The molecule has 0 heterocycles. The summed E-state index contributed by atoms with van der Waals surface area (Å²) < 4.78 is 26.0. The van der Waals surface area contributed by atoms with Crippen LogP contribution in [-0.2, 0) is 10.0 Å². The van der Waals surface area contributed by atoms with Gasteiger partial charge in [-0.1, -0.05) is 19.3 Å². The molecule has 1 saturated carbocycles. The smallest absolute Gasteiger partial charge is 0.214 e. The Bertz CT molecular complexity index is 248. The SMILES string of the molecule is O=S(=O)(NCCCCl)C1CCCCC1. The lowest BCUT2D eigenvalue weighted by Gasteiger charge is -2.21. The second kappa shape index (κ2) is 5.93. The van der Waals surface area contributed by atoms with Crippen molar-refractivity contribution < 1.29 is 8.42 Å². The molecule has 0 aromatic carbocycles. The summed E-state index contributed by atoms with van der Waals surface area (Å²) in [5.41, 5.74) is 0. The Balaban J connectivity index is 2.38. The van der Waals surface area contributed by atoms with E-state index in [1.807, 2.05) is 0 Å². The van der Waals surface area contributed by atoms with E-state index in [1.54, 1.807) is 0 Å². The van der Waals surface area contributed by atoms with Gasteiger partial charge >= 0.3 is 0 Å². The largest absolute Gasteiger partial charge is 0.215 e. The number of hydrogen-bond acceptors (Lipinski definition) is 2. The highest BCUT2D eigenvalue weighted by atomic mass is 35.5. The van der Waals surface area contributed by atoms with Crippen LogP contribution in [0.2, 0.25) is 0 Å². The predicted molar refractivity (Wildman–Crippen MR) is 59.1 cm³/mol. The number of nitrogens with one attached hydrogen (secondary N) is 1. The fourth-order valence-corrected chi connectivity index (χ4v) is 3.53. The van der Waals surface area contributed by atoms with Crippen molar-refractivity contribution in [1.29, 1.82) is 0 Å². The standard InChI is InChI=1S/C9H18ClNO2S/c10-7-4-8-11-14(12,13)9-5-2-1-3-6-9/h9,11H,1-8H2. The monoisotopic (exact) mass is 239 g/mol. The Morgan fingerprint density at radius 2 is 1.86 bits per heavy atom. The van der Waals surface area contributed by atoms with Gasteiger partial charge in [0.15, 0.2) is 0 Å². The highest BCUT2D eigenvalue weighted by Gasteiger charge is 2.26. The normalized spacial score (nSPS) is 19.8. The van der Waals surface area contributed by atoms with Crippen LogP contribution in [0.25, 0.3) is 0 Å². The number of sulfonamides is 1. The first kappa shape index (κ1) is 12.3. The molecule has 5 heteroatoms. The van der Waals surface area contributed by atoms with E-state index in [9.17, 15) is 8.42 Å². The van der Waals surface area contributed by atoms with Gasteiger partial charge < -0.3 is 0 Å². The molecule has 0 atom stereocenters. The van der Waals surface area contributed by atoms with Crippen LogP contribution < -0.4 is 4.72 Å². The van der Waals surface area contributed by atoms with Crippen molar-refractivity contribution in [2.24, 2.45) is 0 Å². The molecule has 0 spiro atoms. The van der Waals surface area contributed by atoms with Gasteiger partial charge in [-0.05, 0) is 19.3 Å². The first-order valence-electron chi connectivity index (χ1n) is 5.21. The summed E-state index contributed by atoms with van der Waals surface area (Å²) in [7, 11) is -3.06. The fourth-order valence-electron chi connectivity index (χ4n) is 1.77. The van der Waals surface area contributed by atoms with Crippen LogP contribution >= 0.6 is 11.6 Å². The average Bonchev–Trinajstić information content (AvgIpc) is 2.19. The maximum Gasteiger partial charge on any atom is 0.214 e. The molecular formula is C9H18ClNO2S. The van der Waals surface area contributed by atoms with Gasteiger partial charge in [-0.25, -0.2) is 13.1 Å². The lowest BCUT2D eigenvalue weighted by Crippen LogP contribution is -2.36. The molecule has 0 aliphatic heterocycles. The van der Waals surface area contributed by atoms with Gasteiger partial charge in [0.2, 0.25) is 10.0 Å². The maximum atomic E-state index is 11.7. The van der Waals surface area contributed by atoms with Crippen molar-refractivity contribution >= 4 is 21.6 Å². The van der Waals surface area contributed by atoms with Crippen molar-refractivity contribution in [3.8, 4) is 0 Å². The van der Waals surface area contributed by atoms with Crippen LogP contribution in [0.3, 0.4) is 0 Å². The van der Waals surface area contributed by atoms with Crippen molar-refractivity contribution in [2.45, 2.75) is 43.8 Å². The minimum Gasteiger partial charge on any atom is -0.215 e. The number of alkyl halides is 1. The first-order valence-corrected chi connectivity index (χ1v) is 7.29. The minimum atomic E-state index is -3.06. The van der Waals surface area contributed by atoms with E-state index in [0.717, 1.165) is 25.7 Å². The van der Waals surface area contributed by atoms with E-state index >= 15 is 0 Å². The summed E-state index contributed by atoms with van der Waals surface area (Å²) in [5.74, 6) is 0.507. The summed E-state index contributed by atoms with van der Waals surface area (Å²) in [4.78, 5) is 0. The van der Waals surface area contributed by atoms with E-state index in [1.165, 1.54) is 6.42 Å². The highest BCUT2D eigenvalue weighted by molar-refractivity contribution is 7.90. The summed E-state index contributed by atoms with van der Waals surface area (Å²) >= 11 is 5.48. The maximum absolute atomic E-state index is 11.7. The Hall–Kier alpha value is 0.200. The van der Waals surface area contributed by atoms with Gasteiger partial charge in [0.1, 0.15) is 0 Å². The average molecular weight is 240 g/mol. The third-order valence-corrected chi connectivity index (χ3v) is 4.83. The quantitative estimate of drug-likeness (QED) is 0.588. The van der Waals surface area contributed by atoms with Crippen molar-refractivity contribution in [2.75, 3.05) is 12.4 Å². The zero-order chi connectivity index (χ0) is 10.4. The zero-order valence-corrected chi connectivity index (χ0v) is 9.91. The molecule has 3 nitrogen and oxygen atoms in total. The predicted octanol–water partition coefficient (Wildman–Crippen LogP) is 1.87. The molecule has 0 aromatic rings. The van der Waals surface area contributed by atoms with Crippen LogP contribution in [0.4, 0.5) is 0 Å². The molecule has 1 fully saturated rings. The second-order valence-corrected chi connectivity index (χ2v) is 6.17. The molecule has 14 heavy (non-hydrogen) atoms. The molecule has 1 aliphatic rings. The van der Waals surface area contributed by atoms with Gasteiger partial charge in [-0.15, -0.1) is 11.6 Å². The lowest BCUT2D eigenvalue weighted by molar-refractivity contribution is 0.477. The molecule has 1 aliphatic carbocycles. The molecule has 0 bridgehead atoms. The Morgan fingerprint density at radius 3 is 2.43 bits per heavy atom. The van der Waals surface area contributed by atoms with Crippen LogP contribution in [0.15, 0.2) is 0 Å². The molecule has 1 rings (SSSR count). The lowest BCUT2D eigenvalue weighted by atomic mass is 10.0. The summed E-state index contributed by atoms with van der Waals surface area (Å²) in [6.07, 6.45) is 5.59. The summed E-state index contributed by atoms with van der Waals surface area (Å²) in [6, 6.07) is 0. The summed E-state index contributed by atoms with van der Waals surface area (Å²) in [6.45, 7) is 0.475. The van der Waals surface area contributed by atoms with E-state index in [2.05, 4.69) is 4.72 Å². The third kappa shape index (κ3) is 3.75. The van der Waals surface area contributed by atoms with Crippen LogP contribution in [0.1, 0.15) is 38.5 Å². The van der Waals surface area contributed by atoms with Gasteiger partial charge in [0, 0.05) is 12.4 Å². The minimum absolute atomic E-state index is 0.161. The molecule has 0 saturated heterocycles. The number of rotatable bonds is 5. The van der Waals surface area contributed by atoms with Crippen LogP contribution in [0, 0.1) is 0 Å². The Morgan fingerprint density at radius 1 is 1.21 bits per heavy atom. The molecule has 1 N–H and O–H groups in total. The van der Waals surface area contributed by atoms with E-state index < -0.39 is 10.0 Å². The van der Waals surface area contributed by atoms with Crippen molar-refractivity contribution in [1.82, 2.24) is 4.72 Å². The highest BCUT2D eigenvalue weighted by Crippen LogP contribution is 2.22. The topological polar surface area (TPSA) is 46.2 Å². The molecule has 0 unspecified atom stereocenters.